The average molecular weight is 413 g/mol. The van der Waals surface area contributed by atoms with E-state index < -0.39 is 0 Å². The molecule has 2 aromatic rings. The first-order valence-electron chi connectivity index (χ1n) is 10.3. The molecule has 160 valence electrons. The summed E-state index contributed by atoms with van der Waals surface area (Å²) in [5.41, 5.74) is 2.43. The van der Waals surface area contributed by atoms with E-state index in [2.05, 4.69) is 15.6 Å². The highest BCUT2D eigenvalue weighted by Gasteiger charge is 2.34. The smallest absolute Gasteiger partial charge is 0.317 e. The molecule has 2 N–H and O–H groups in total. The average Bonchev–Trinajstić information content (AvgIpc) is 2.74. The number of amides is 3. The SMILES string of the molecule is Cc1cc(C2CC(C(=O)NCc3cccnc3)CN(C(=O)NC(C)C)C2)ccc1F. The largest absolute Gasteiger partial charge is 0.352 e. The first-order valence-corrected chi connectivity index (χ1v) is 10.3. The standard InChI is InChI=1S/C23H29FN4O2/c1-15(2)27-23(30)28-13-19(18-6-7-21(24)16(3)9-18)10-20(14-28)22(29)26-12-17-5-4-8-25-11-17/h4-9,11,15,19-20H,10,12-14H2,1-3H3,(H,26,29)(H,27,30). The van der Waals surface area contributed by atoms with Gasteiger partial charge in [-0.05, 0) is 56.0 Å². The number of pyridine rings is 1. The molecule has 1 saturated heterocycles. The van der Waals surface area contributed by atoms with Gasteiger partial charge in [0.1, 0.15) is 5.82 Å². The van der Waals surface area contributed by atoms with Crippen molar-refractivity contribution < 1.29 is 14.0 Å². The first-order chi connectivity index (χ1) is 14.3. The lowest BCUT2D eigenvalue weighted by Gasteiger charge is -2.38. The fourth-order valence-electron chi connectivity index (χ4n) is 3.79. The van der Waals surface area contributed by atoms with Crippen molar-refractivity contribution in [3.63, 3.8) is 0 Å². The summed E-state index contributed by atoms with van der Waals surface area (Å²) in [5, 5.41) is 5.87. The van der Waals surface area contributed by atoms with Crippen LogP contribution in [0.15, 0.2) is 42.7 Å². The Kier molecular flexibility index (Phi) is 7.03. The Morgan fingerprint density at radius 2 is 2.07 bits per heavy atom. The fourth-order valence-corrected chi connectivity index (χ4v) is 3.79. The summed E-state index contributed by atoms with van der Waals surface area (Å²) in [4.78, 5) is 31.3. The van der Waals surface area contributed by atoms with E-state index in [-0.39, 0.29) is 35.6 Å². The zero-order valence-corrected chi connectivity index (χ0v) is 17.7. The van der Waals surface area contributed by atoms with Crippen LogP contribution in [0.25, 0.3) is 0 Å². The van der Waals surface area contributed by atoms with Gasteiger partial charge in [0, 0.05) is 44.0 Å². The molecule has 3 amide bonds. The normalized spacial score (nSPS) is 18.9. The van der Waals surface area contributed by atoms with Crippen molar-refractivity contribution in [2.75, 3.05) is 13.1 Å². The maximum atomic E-state index is 13.7. The number of aryl methyl sites for hydroxylation is 1. The van der Waals surface area contributed by atoms with Gasteiger partial charge in [-0.1, -0.05) is 18.2 Å². The molecule has 0 bridgehead atoms. The number of aromatic nitrogens is 1. The van der Waals surface area contributed by atoms with Crippen LogP contribution >= 0.6 is 0 Å². The molecular weight excluding hydrogens is 383 g/mol. The Morgan fingerprint density at radius 1 is 1.27 bits per heavy atom. The second-order valence-corrected chi connectivity index (χ2v) is 8.23. The van der Waals surface area contributed by atoms with Gasteiger partial charge in [0.25, 0.3) is 0 Å². The van der Waals surface area contributed by atoms with Crippen LogP contribution in [-0.4, -0.2) is 41.0 Å². The molecule has 7 heteroatoms. The molecule has 3 rings (SSSR count). The monoisotopic (exact) mass is 412 g/mol. The number of carbonyl (C=O) groups excluding carboxylic acids is 2. The third-order valence-corrected chi connectivity index (χ3v) is 5.36. The van der Waals surface area contributed by atoms with E-state index in [0.717, 1.165) is 11.1 Å². The van der Waals surface area contributed by atoms with Crippen molar-refractivity contribution >= 4 is 11.9 Å². The summed E-state index contributed by atoms with van der Waals surface area (Å²) >= 11 is 0. The maximum absolute atomic E-state index is 13.7. The van der Waals surface area contributed by atoms with Crippen molar-refractivity contribution in [2.24, 2.45) is 5.92 Å². The van der Waals surface area contributed by atoms with E-state index >= 15 is 0 Å². The number of carbonyl (C=O) groups is 2. The van der Waals surface area contributed by atoms with Gasteiger partial charge in [0.05, 0.1) is 5.92 Å². The summed E-state index contributed by atoms with van der Waals surface area (Å²) in [6.45, 7) is 6.77. The summed E-state index contributed by atoms with van der Waals surface area (Å²) in [6.07, 6.45) is 4.01. The van der Waals surface area contributed by atoms with E-state index in [1.165, 1.54) is 6.07 Å². The van der Waals surface area contributed by atoms with Crippen LogP contribution in [0.4, 0.5) is 9.18 Å². The Hall–Kier alpha value is -2.96. The second kappa shape index (κ2) is 9.69. The van der Waals surface area contributed by atoms with Gasteiger partial charge >= 0.3 is 6.03 Å². The zero-order chi connectivity index (χ0) is 21.7. The molecule has 0 radical (unpaired) electrons. The third-order valence-electron chi connectivity index (χ3n) is 5.36. The van der Waals surface area contributed by atoms with Crippen molar-refractivity contribution in [1.82, 2.24) is 20.5 Å². The highest BCUT2D eigenvalue weighted by molar-refractivity contribution is 5.81. The number of likely N-dealkylation sites (tertiary alicyclic amines) is 1. The molecule has 1 fully saturated rings. The van der Waals surface area contributed by atoms with Crippen molar-refractivity contribution in [3.8, 4) is 0 Å². The molecule has 2 unspecified atom stereocenters. The minimum Gasteiger partial charge on any atom is -0.352 e. The molecule has 2 atom stereocenters. The lowest BCUT2D eigenvalue weighted by Crippen LogP contribution is -2.52. The minimum absolute atomic E-state index is 0.00352. The van der Waals surface area contributed by atoms with Gasteiger partial charge in [0.15, 0.2) is 0 Å². The highest BCUT2D eigenvalue weighted by atomic mass is 19.1. The van der Waals surface area contributed by atoms with Gasteiger partial charge in [-0.25, -0.2) is 9.18 Å². The number of rotatable bonds is 5. The Labute approximate surface area is 176 Å². The molecular formula is C23H29FN4O2. The van der Waals surface area contributed by atoms with Gasteiger partial charge in [0.2, 0.25) is 5.91 Å². The van der Waals surface area contributed by atoms with E-state index in [1.807, 2.05) is 32.0 Å². The molecule has 0 spiro atoms. The molecule has 30 heavy (non-hydrogen) atoms. The molecule has 1 aliphatic rings. The second-order valence-electron chi connectivity index (χ2n) is 8.23. The lowest BCUT2D eigenvalue weighted by molar-refractivity contribution is -0.126. The van der Waals surface area contributed by atoms with Crippen LogP contribution in [0.1, 0.15) is 42.9 Å². The van der Waals surface area contributed by atoms with E-state index in [0.29, 0.717) is 31.6 Å². The van der Waals surface area contributed by atoms with E-state index in [4.69, 9.17) is 0 Å². The molecule has 2 heterocycles. The Morgan fingerprint density at radius 3 is 2.73 bits per heavy atom. The molecule has 1 aliphatic heterocycles. The molecule has 1 aromatic carbocycles. The van der Waals surface area contributed by atoms with Crippen LogP contribution in [0.5, 0.6) is 0 Å². The molecule has 6 nitrogen and oxygen atoms in total. The molecule has 0 aliphatic carbocycles. The number of urea groups is 1. The number of hydrogen-bond acceptors (Lipinski definition) is 3. The van der Waals surface area contributed by atoms with Gasteiger partial charge in [-0.3, -0.25) is 9.78 Å². The van der Waals surface area contributed by atoms with Gasteiger partial charge in [-0.15, -0.1) is 0 Å². The summed E-state index contributed by atoms with van der Waals surface area (Å²) in [5.74, 6) is -0.728. The third kappa shape index (κ3) is 5.55. The topological polar surface area (TPSA) is 74.3 Å². The number of hydrogen-bond donors (Lipinski definition) is 2. The highest BCUT2D eigenvalue weighted by Crippen LogP contribution is 2.31. The number of benzene rings is 1. The van der Waals surface area contributed by atoms with Crippen LogP contribution in [0, 0.1) is 18.7 Å². The van der Waals surface area contributed by atoms with Gasteiger partial charge in [-0.2, -0.15) is 0 Å². The quantitative estimate of drug-likeness (QED) is 0.791. The summed E-state index contributed by atoms with van der Waals surface area (Å²) in [6, 6.07) is 8.57. The van der Waals surface area contributed by atoms with Gasteiger partial charge < -0.3 is 15.5 Å². The predicted molar refractivity (Wildman–Crippen MR) is 113 cm³/mol. The lowest BCUT2D eigenvalue weighted by atomic mass is 9.83. The molecule has 1 aromatic heterocycles. The first kappa shape index (κ1) is 21.7. The minimum atomic E-state index is -0.344. The van der Waals surface area contributed by atoms with Crippen molar-refractivity contribution in [3.05, 3.63) is 65.2 Å². The van der Waals surface area contributed by atoms with Crippen LogP contribution in [-0.2, 0) is 11.3 Å². The number of piperidine rings is 1. The summed E-state index contributed by atoms with van der Waals surface area (Å²) in [7, 11) is 0. The summed E-state index contributed by atoms with van der Waals surface area (Å²) < 4.78 is 13.7. The van der Waals surface area contributed by atoms with E-state index in [9.17, 15) is 14.0 Å². The predicted octanol–water partition coefficient (Wildman–Crippen LogP) is 3.37. The van der Waals surface area contributed by atoms with Crippen LogP contribution in [0.3, 0.4) is 0 Å². The number of nitrogens with one attached hydrogen (secondary N) is 2. The number of nitrogens with zero attached hydrogens (tertiary/aromatic N) is 2. The van der Waals surface area contributed by atoms with Crippen LogP contribution in [0.2, 0.25) is 0 Å². The van der Waals surface area contributed by atoms with Crippen LogP contribution < -0.4 is 10.6 Å². The maximum Gasteiger partial charge on any atom is 0.317 e. The fraction of sp³-hybridized carbons (Fsp3) is 0.435. The Bertz CT molecular complexity index is 888. The number of halogens is 1. The molecule has 0 saturated carbocycles. The van der Waals surface area contributed by atoms with Crippen molar-refractivity contribution in [1.29, 1.82) is 0 Å². The van der Waals surface area contributed by atoms with Crippen molar-refractivity contribution in [2.45, 2.75) is 45.7 Å². The zero-order valence-electron chi connectivity index (χ0n) is 17.7. The van der Waals surface area contributed by atoms with E-state index in [1.54, 1.807) is 30.3 Å². The Balaban J connectivity index is 1.75.